The van der Waals surface area contributed by atoms with Crippen LogP contribution >= 0.6 is 0 Å². The van der Waals surface area contributed by atoms with E-state index in [1.165, 1.54) is 0 Å². The van der Waals surface area contributed by atoms with E-state index in [0.29, 0.717) is 6.54 Å². The summed E-state index contributed by atoms with van der Waals surface area (Å²) in [4.78, 5) is 0. The number of ether oxygens (including phenoxy) is 1. The SMILES string of the molecule is COc1cccc(-c2cnnn2CCCCN)c1. The van der Waals surface area contributed by atoms with Gasteiger partial charge in [-0.15, -0.1) is 5.10 Å². The molecule has 0 aliphatic rings. The lowest BCUT2D eigenvalue weighted by Crippen LogP contribution is -2.06. The zero-order valence-electron chi connectivity index (χ0n) is 10.5. The van der Waals surface area contributed by atoms with E-state index in [9.17, 15) is 0 Å². The highest BCUT2D eigenvalue weighted by Gasteiger charge is 2.07. The Morgan fingerprint density at radius 2 is 2.22 bits per heavy atom. The van der Waals surface area contributed by atoms with Gasteiger partial charge in [0.05, 0.1) is 19.0 Å². The number of hydrogen-bond acceptors (Lipinski definition) is 4. The molecule has 0 saturated heterocycles. The van der Waals surface area contributed by atoms with Crippen molar-refractivity contribution < 1.29 is 4.74 Å². The first-order valence-electron chi connectivity index (χ1n) is 6.08. The van der Waals surface area contributed by atoms with E-state index in [4.69, 9.17) is 10.5 Å². The molecule has 2 aromatic rings. The van der Waals surface area contributed by atoms with Crippen molar-refractivity contribution in [2.45, 2.75) is 19.4 Å². The zero-order chi connectivity index (χ0) is 12.8. The van der Waals surface area contributed by atoms with Crippen molar-refractivity contribution in [2.24, 2.45) is 5.73 Å². The van der Waals surface area contributed by atoms with Gasteiger partial charge in [-0.25, -0.2) is 4.68 Å². The number of aryl methyl sites for hydroxylation is 1. The Hall–Kier alpha value is -1.88. The van der Waals surface area contributed by atoms with E-state index in [0.717, 1.165) is 36.4 Å². The average molecular weight is 246 g/mol. The molecule has 5 nitrogen and oxygen atoms in total. The van der Waals surface area contributed by atoms with Gasteiger partial charge in [-0.2, -0.15) is 0 Å². The van der Waals surface area contributed by atoms with Crippen molar-refractivity contribution in [3.63, 3.8) is 0 Å². The summed E-state index contributed by atoms with van der Waals surface area (Å²) in [5.41, 5.74) is 7.56. The van der Waals surface area contributed by atoms with Crippen LogP contribution in [-0.2, 0) is 6.54 Å². The maximum Gasteiger partial charge on any atom is 0.119 e. The van der Waals surface area contributed by atoms with Crippen LogP contribution in [0.15, 0.2) is 30.5 Å². The van der Waals surface area contributed by atoms with Gasteiger partial charge in [-0.1, -0.05) is 17.3 Å². The summed E-state index contributed by atoms with van der Waals surface area (Å²) in [6.07, 6.45) is 3.78. The Morgan fingerprint density at radius 3 is 3.00 bits per heavy atom. The Kier molecular flexibility index (Phi) is 4.30. The number of nitrogens with two attached hydrogens (primary N) is 1. The van der Waals surface area contributed by atoms with Crippen LogP contribution in [0, 0.1) is 0 Å². The molecule has 0 radical (unpaired) electrons. The van der Waals surface area contributed by atoms with Crippen molar-refractivity contribution in [2.75, 3.05) is 13.7 Å². The van der Waals surface area contributed by atoms with Gasteiger partial charge in [0.25, 0.3) is 0 Å². The van der Waals surface area contributed by atoms with Crippen molar-refractivity contribution in [3.05, 3.63) is 30.5 Å². The van der Waals surface area contributed by atoms with Crippen molar-refractivity contribution >= 4 is 0 Å². The van der Waals surface area contributed by atoms with E-state index in [2.05, 4.69) is 10.3 Å². The van der Waals surface area contributed by atoms with E-state index >= 15 is 0 Å². The lowest BCUT2D eigenvalue weighted by atomic mass is 10.1. The zero-order valence-corrected chi connectivity index (χ0v) is 10.5. The predicted molar refractivity (Wildman–Crippen MR) is 70.3 cm³/mol. The number of benzene rings is 1. The number of aromatic nitrogens is 3. The molecule has 18 heavy (non-hydrogen) atoms. The third-order valence-corrected chi connectivity index (χ3v) is 2.81. The minimum absolute atomic E-state index is 0.711. The molecule has 2 N–H and O–H groups in total. The third-order valence-electron chi connectivity index (χ3n) is 2.81. The summed E-state index contributed by atoms with van der Waals surface area (Å²) in [6, 6.07) is 7.90. The third kappa shape index (κ3) is 2.87. The first-order chi connectivity index (χ1) is 8.85. The van der Waals surface area contributed by atoms with Gasteiger partial charge in [-0.3, -0.25) is 0 Å². The van der Waals surface area contributed by atoms with Gasteiger partial charge >= 0.3 is 0 Å². The summed E-state index contributed by atoms with van der Waals surface area (Å²) in [7, 11) is 1.66. The summed E-state index contributed by atoms with van der Waals surface area (Å²) >= 11 is 0. The molecule has 0 amide bonds. The highest BCUT2D eigenvalue weighted by molar-refractivity contribution is 5.60. The molecule has 1 heterocycles. The van der Waals surface area contributed by atoms with Crippen LogP contribution in [0.2, 0.25) is 0 Å². The van der Waals surface area contributed by atoms with Gasteiger partial charge in [-0.05, 0) is 31.5 Å². The van der Waals surface area contributed by atoms with Crippen LogP contribution in [0.25, 0.3) is 11.3 Å². The fourth-order valence-corrected chi connectivity index (χ4v) is 1.83. The summed E-state index contributed by atoms with van der Waals surface area (Å²) < 4.78 is 7.13. The molecule has 0 spiro atoms. The molecular weight excluding hydrogens is 228 g/mol. The molecule has 0 aliphatic carbocycles. The second-order valence-corrected chi connectivity index (χ2v) is 4.07. The molecule has 0 bridgehead atoms. The van der Waals surface area contributed by atoms with E-state index < -0.39 is 0 Å². The first kappa shape index (κ1) is 12.6. The van der Waals surface area contributed by atoms with Crippen LogP contribution < -0.4 is 10.5 Å². The van der Waals surface area contributed by atoms with Gasteiger partial charge in [0, 0.05) is 12.1 Å². The average Bonchev–Trinajstić information content (AvgIpc) is 2.87. The molecule has 1 aromatic carbocycles. The van der Waals surface area contributed by atoms with Gasteiger partial charge in [0.2, 0.25) is 0 Å². The molecule has 2 rings (SSSR count). The lowest BCUT2D eigenvalue weighted by molar-refractivity contribution is 0.415. The topological polar surface area (TPSA) is 66.0 Å². The largest absolute Gasteiger partial charge is 0.497 e. The van der Waals surface area contributed by atoms with Crippen LogP contribution in [-0.4, -0.2) is 28.6 Å². The van der Waals surface area contributed by atoms with Crippen molar-refractivity contribution in [1.29, 1.82) is 0 Å². The Balaban J connectivity index is 2.19. The lowest BCUT2D eigenvalue weighted by Gasteiger charge is -2.07. The first-order valence-corrected chi connectivity index (χ1v) is 6.08. The highest BCUT2D eigenvalue weighted by Crippen LogP contribution is 2.22. The number of hydrogen-bond donors (Lipinski definition) is 1. The normalized spacial score (nSPS) is 10.6. The van der Waals surface area contributed by atoms with E-state index in [-0.39, 0.29) is 0 Å². The maximum atomic E-state index is 5.49. The molecule has 5 heteroatoms. The number of rotatable bonds is 6. The fraction of sp³-hybridized carbons (Fsp3) is 0.385. The Bertz CT molecular complexity index is 495. The van der Waals surface area contributed by atoms with Crippen LogP contribution in [0.4, 0.5) is 0 Å². The quantitative estimate of drug-likeness (QED) is 0.788. The van der Waals surface area contributed by atoms with Crippen LogP contribution in [0.5, 0.6) is 5.75 Å². The van der Waals surface area contributed by atoms with E-state index in [1.54, 1.807) is 13.3 Å². The smallest absolute Gasteiger partial charge is 0.119 e. The van der Waals surface area contributed by atoms with Crippen LogP contribution in [0.3, 0.4) is 0 Å². The molecule has 0 saturated carbocycles. The number of unbranched alkanes of at least 4 members (excludes halogenated alkanes) is 1. The monoisotopic (exact) mass is 246 g/mol. The van der Waals surface area contributed by atoms with E-state index in [1.807, 2.05) is 28.9 Å². The fourth-order valence-electron chi connectivity index (χ4n) is 1.83. The van der Waals surface area contributed by atoms with Crippen molar-refractivity contribution in [1.82, 2.24) is 15.0 Å². The molecule has 96 valence electrons. The molecule has 0 fully saturated rings. The Morgan fingerprint density at radius 1 is 1.33 bits per heavy atom. The minimum Gasteiger partial charge on any atom is -0.497 e. The summed E-state index contributed by atoms with van der Waals surface area (Å²) in [6.45, 7) is 1.55. The highest BCUT2D eigenvalue weighted by atomic mass is 16.5. The number of nitrogens with zero attached hydrogens (tertiary/aromatic N) is 3. The van der Waals surface area contributed by atoms with Crippen molar-refractivity contribution in [3.8, 4) is 17.0 Å². The van der Waals surface area contributed by atoms with Gasteiger partial charge < -0.3 is 10.5 Å². The van der Waals surface area contributed by atoms with Crippen LogP contribution in [0.1, 0.15) is 12.8 Å². The standard InChI is InChI=1S/C13H18N4O/c1-18-12-6-4-5-11(9-12)13-10-15-16-17(13)8-3-2-7-14/h4-6,9-10H,2-3,7-8,14H2,1H3. The molecule has 0 unspecified atom stereocenters. The molecule has 1 aromatic heterocycles. The maximum absolute atomic E-state index is 5.49. The summed E-state index contributed by atoms with van der Waals surface area (Å²) in [5.74, 6) is 0.835. The minimum atomic E-state index is 0.711. The molecule has 0 aliphatic heterocycles. The van der Waals surface area contributed by atoms with Gasteiger partial charge in [0.1, 0.15) is 5.75 Å². The Labute approximate surface area is 107 Å². The second-order valence-electron chi connectivity index (χ2n) is 4.07. The molecular formula is C13H18N4O. The number of methoxy groups -OCH3 is 1. The summed E-state index contributed by atoms with van der Waals surface area (Å²) in [5, 5.41) is 8.08. The predicted octanol–water partition coefficient (Wildman–Crippen LogP) is 1.69. The second kappa shape index (κ2) is 6.16. The van der Waals surface area contributed by atoms with Gasteiger partial charge in [0.15, 0.2) is 0 Å². The molecule has 0 atom stereocenters.